The number of nitrogens with one attached hydrogen (secondary N) is 2. The molecule has 1 aliphatic carbocycles. The molecule has 1 saturated carbocycles. The van der Waals surface area contributed by atoms with E-state index in [9.17, 15) is 5.11 Å². The third-order valence-electron chi connectivity index (χ3n) is 4.39. The molecule has 1 fully saturated rings. The smallest absolute Gasteiger partial charge is 0.191 e. The van der Waals surface area contributed by atoms with Crippen molar-refractivity contribution in [1.82, 2.24) is 10.6 Å². The molecule has 1 aromatic carbocycles. The van der Waals surface area contributed by atoms with Crippen LogP contribution < -0.4 is 10.6 Å². The van der Waals surface area contributed by atoms with Crippen LogP contribution in [-0.4, -0.2) is 43.5 Å². The topological polar surface area (TPSA) is 79.0 Å². The highest BCUT2D eigenvalue weighted by atomic mass is 127. The summed E-state index contributed by atoms with van der Waals surface area (Å²) in [7, 11) is 0. The van der Waals surface area contributed by atoms with E-state index in [1.165, 1.54) is 12.8 Å². The van der Waals surface area contributed by atoms with Crippen molar-refractivity contribution < 1.29 is 14.3 Å². The van der Waals surface area contributed by atoms with Crippen LogP contribution in [-0.2, 0) is 4.74 Å². The van der Waals surface area contributed by atoms with Crippen LogP contribution in [0.25, 0.3) is 11.0 Å². The Bertz CT molecular complexity index is 697. The summed E-state index contributed by atoms with van der Waals surface area (Å²) in [5.74, 6) is 2.21. The molecule has 150 valence electrons. The van der Waals surface area contributed by atoms with E-state index in [1.807, 2.05) is 44.2 Å². The maximum atomic E-state index is 10.0. The van der Waals surface area contributed by atoms with E-state index >= 15 is 0 Å². The molecule has 3 N–H and O–H groups in total. The number of rotatable bonds is 9. The van der Waals surface area contributed by atoms with Crippen LogP contribution in [0.15, 0.2) is 39.7 Å². The first-order valence-corrected chi connectivity index (χ1v) is 9.44. The lowest BCUT2D eigenvalue weighted by Gasteiger charge is -2.17. The van der Waals surface area contributed by atoms with Crippen molar-refractivity contribution in [2.45, 2.75) is 38.8 Å². The van der Waals surface area contributed by atoms with Gasteiger partial charge in [-0.1, -0.05) is 18.2 Å². The Morgan fingerprint density at radius 1 is 1.37 bits per heavy atom. The van der Waals surface area contributed by atoms with Gasteiger partial charge in [-0.15, -0.1) is 24.0 Å². The molecule has 2 unspecified atom stereocenters. The minimum absolute atomic E-state index is 0. The molecule has 1 heterocycles. The number of halogens is 1. The van der Waals surface area contributed by atoms with Crippen molar-refractivity contribution in [3.63, 3.8) is 0 Å². The highest BCUT2D eigenvalue weighted by Gasteiger charge is 2.21. The fourth-order valence-corrected chi connectivity index (χ4v) is 2.72. The van der Waals surface area contributed by atoms with Crippen LogP contribution in [0.5, 0.6) is 0 Å². The van der Waals surface area contributed by atoms with Crippen molar-refractivity contribution >= 4 is 40.9 Å². The number of aliphatic imine (C=N–C) groups is 1. The van der Waals surface area contributed by atoms with Gasteiger partial charge in [-0.05, 0) is 44.7 Å². The minimum atomic E-state index is -0.592. The zero-order chi connectivity index (χ0) is 18.4. The first-order valence-electron chi connectivity index (χ1n) is 9.44. The summed E-state index contributed by atoms with van der Waals surface area (Å²) in [6, 6.07) is 9.96. The number of nitrogens with zero attached hydrogens (tertiary/aromatic N) is 1. The molecule has 2 aromatic rings. The van der Waals surface area contributed by atoms with Gasteiger partial charge >= 0.3 is 0 Å². The summed E-state index contributed by atoms with van der Waals surface area (Å²) in [6.07, 6.45) is 1.91. The number of benzene rings is 1. The van der Waals surface area contributed by atoms with Crippen LogP contribution in [0, 0.1) is 5.92 Å². The highest BCUT2D eigenvalue weighted by molar-refractivity contribution is 14.0. The summed E-state index contributed by atoms with van der Waals surface area (Å²) in [5.41, 5.74) is 0.876. The Balaban J connectivity index is 0.00000261. The zero-order valence-electron chi connectivity index (χ0n) is 16.0. The number of ether oxygens (including phenoxy) is 1. The fourth-order valence-electron chi connectivity index (χ4n) is 2.72. The lowest BCUT2D eigenvalue weighted by molar-refractivity contribution is 0.0368. The standard InChI is InChI=1S/C20H29N3O3.HI/c1-3-21-20(22-11-17(24)13-25-12-15-8-9-15)23-14(2)19-10-16-6-4-5-7-18(16)26-19;/h4-7,10,14-15,17,24H,3,8-9,11-13H2,1-2H3,(H2,21,22,23);1H. The van der Waals surface area contributed by atoms with Crippen LogP contribution in [0.4, 0.5) is 0 Å². The molecule has 2 atom stereocenters. The first-order chi connectivity index (χ1) is 12.7. The molecule has 0 radical (unpaired) electrons. The molecule has 6 nitrogen and oxygen atoms in total. The number of hydrogen-bond donors (Lipinski definition) is 3. The Labute approximate surface area is 177 Å². The Morgan fingerprint density at radius 3 is 2.85 bits per heavy atom. The van der Waals surface area contributed by atoms with Gasteiger partial charge in [-0.25, -0.2) is 0 Å². The number of aliphatic hydroxyl groups is 1. The van der Waals surface area contributed by atoms with Crippen molar-refractivity contribution in [2.75, 3.05) is 26.3 Å². The summed E-state index contributed by atoms with van der Waals surface area (Å²) in [5, 5.41) is 17.7. The first kappa shape index (κ1) is 22.0. The molecule has 27 heavy (non-hydrogen) atoms. The van der Waals surface area contributed by atoms with Gasteiger partial charge in [0.05, 0.1) is 25.3 Å². The number of para-hydroxylation sites is 1. The largest absolute Gasteiger partial charge is 0.459 e. The predicted octanol–water partition coefficient (Wildman–Crippen LogP) is 3.45. The number of fused-ring (bicyclic) bond motifs is 1. The lowest BCUT2D eigenvalue weighted by Crippen LogP contribution is -2.39. The lowest BCUT2D eigenvalue weighted by atomic mass is 10.2. The summed E-state index contributed by atoms with van der Waals surface area (Å²) >= 11 is 0. The summed E-state index contributed by atoms with van der Waals surface area (Å²) in [6.45, 7) is 6.17. The highest BCUT2D eigenvalue weighted by Crippen LogP contribution is 2.28. The van der Waals surface area contributed by atoms with Crippen LogP contribution in [0.3, 0.4) is 0 Å². The average molecular weight is 487 g/mol. The van der Waals surface area contributed by atoms with Gasteiger partial charge < -0.3 is 24.9 Å². The molecule has 1 aliphatic rings. The second-order valence-electron chi connectivity index (χ2n) is 6.91. The van der Waals surface area contributed by atoms with Crippen molar-refractivity contribution in [1.29, 1.82) is 0 Å². The van der Waals surface area contributed by atoms with E-state index in [0.29, 0.717) is 25.0 Å². The third-order valence-corrected chi connectivity index (χ3v) is 4.39. The fraction of sp³-hybridized carbons (Fsp3) is 0.550. The summed E-state index contributed by atoms with van der Waals surface area (Å²) < 4.78 is 11.4. The SMILES string of the molecule is CCNC(=NCC(O)COCC1CC1)NC(C)c1cc2ccccc2o1.I. The van der Waals surface area contributed by atoms with Gasteiger partial charge in [0, 0.05) is 18.5 Å². The van der Waals surface area contributed by atoms with Gasteiger partial charge in [0.2, 0.25) is 0 Å². The molecule has 7 heteroatoms. The van der Waals surface area contributed by atoms with E-state index in [-0.39, 0.29) is 30.0 Å². The maximum absolute atomic E-state index is 10.0. The number of hydrogen-bond acceptors (Lipinski definition) is 4. The van der Waals surface area contributed by atoms with Gasteiger partial charge in [-0.3, -0.25) is 4.99 Å². The number of guanidine groups is 1. The van der Waals surface area contributed by atoms with E-state index in [4.69, 9.17) is 9.15 Å². The molecular weight excluding hydrogens is 457 g/mol. The van der Waals surface area contributed by atoms with E-state index in [2.05, 4.69) is 15.6 Å². The second-order valence-corrected chi connectivity index (χ2v) is 6.91. The molecule has 0 spiro atoms. The molecular formula is C20H30IN3O3. The Morgan fingerprint density at radius 2 is 2.15 bits per heavy atom. The zero-order valence-corrected chi connectivity index (χ0v) is 18.3. The Kier molecular flexibility index (Phi) is 8.85. The van der Waals surface area contributed by atoms with E-state index in [0.717, 1.165) is 29.9 Å². The van der Waals surface area contributed by atoms with Gasteiger partial charge in [0.25, 0.3) is 0 Å². The monoisotopic (exact) mass is 487 g/mol. The van der Waals surface area contributed by atoms with E-state index in [1.54, 1.807) is 0 Å². The van der Waals surface area contributed by atoms with Crippen LogP contribution >= 0.6 is 24.0 Å². The van der Waals surface area contributed by atoms with E-state index < -0.39 is 6.10 Å². The number of aliphatic hydroxyl groups excluding tert-OH is 1. The van der Waals surface area contributed by atoms with Gasteiger partial charge in [0.1, 0.15) is 11.3 Å². The molecule has 0 bridgehead atoms. The normalized spacial score (nSPS) is 16.6. The minimum Gasteiger partial charge on any atom is -0.459 e. The second kappa shape index (κ2) is 10.9. The maximum Gasteiger partial charge on any atom is 0.191 e. The van der Waals surface area contributed by atoms with Crippen molar-refractivity contribution in [3.05, 3.63) is 36.1 Å². The van der Waals surface area contributed by atoms with Crippen LogP contribution in [0.2, 0.25) is 0 Å². The quantitative estimate of drug-likeness (QED) is 0.287. The molecule has 1 aromatic heterocycles. The molecule has 3 rings (SSSR count). The van der Waals surface area contributed by atoms with Gasteiger partial charge in [-0.2, -0.15) is 0 Å². The predicted molar refractivity (Wildman–Crippen MR) is 119 cm³/mol. The molecule has 0 aliphatic heterocycles. The molecule has 0 amide bonds. The Hall–Kier alpha value is -1.32. The number of furan rings is 1. The summed E-state index contributed by atoms with van der Waals surface area (Å²) in [4.78, 5) is 4.47. The van der Waals surface area contributed by atoms with Crippen molar-refractivity contribution in [2.24, 2.45) is 10.9 Å². The van der Waals surface area contributed by atoms with Crippen molar-refractivity contribution in [3.8, 4) is 0 Å². The average Bonchev–Trinajstić information content (AvgIpc) is 3.35. The van der Waals surface area contributed by atoms with Gasteiger partial charge in [0.15, 0.2) is 5.96 Å². The third kappa shape index (κ3) is 6.97. The molecule has 0 saturated heterocycles. The van der Waals surface area contributed by atoms with Crippen LogP contribution in [0.1, 0.15) is 38.5 Å².